The largest absolute Gasteiger partial charge is 0.372 e. The zero-order chi connectivity index (χ0) is 15.4. The van der Waals surface area contributed by atoms with Gasteiger partial charge in [-0.3, -0.25) is 4.79 Å². The zero-order valence-electron chi connectivity index (χ0n) is 12.2. The van der Waals surface area contributed by atoms with Crippen LogP contribution in [0.4, 0.5) is 4.39 Å². The molecule has 22 heavy (non-hydrogen) atoms. The molecule has 1 amide bonds. The number of nitrogens with zero attached hydrogens (tertiary/aromatic N) is 1. The zero-order valence-corrected chi connectivity index (χ0v) is 12.2. The van der Waals surface area contributed by atoms with Gasteiger partial charge in [-0.25, -0.2) is 4.39 Å². The average molecular weight is 299 g/mol. The summed E-state index contributed by atoms with van der Waals surface area (Å²) in [6.07, 6.45) is 0.853. The smallest absolute Gasteiger partial charge is 0.254 e. The molecule has 1 saturated heterocycles. The molecule has 0 bridgehead atoms. The van der Waals surface area contributed by atoms with Gasteiger partial charge in [-0.1, -0.05) is 36.4 Å². The molecule has 1 aliphatic rings. The number of benzene rings is 2. The number of rotatable bonds is 4. The van der Waals surface area contributed by atoms with Crippen LogP contribution in [0.15, 0.2) is 54.6 Å². The third-order valence-corrected chi connectivity index (χ3v) is 3.83. The third-order valence-electron chi connectivity index (χ3n) is 3.83. The van der Waals surface area contributed by atoms with Gasteiger partial charge in [-0.2, -0.15) is 0 Å². The standard InChI is InChI=1S/C18H18FNO2/c19-16-8-4-7-15(11-16)18(21)20-10-9-17(12-20)22-13-14-5-2-1-3-6-14/h1-8,11,17H,9-10,12-13H2. The van der Waals surface area contributed by atoms with Crippen LogP contribution in [0.3, 0.4) is 0 Å². The molecule has 3 nitrogen and oxygen atoms in total. The van der Waals surface area contributed by atoms with Crippen LogP contribution in [0.25, 0.3) is 0 Å². The molecule has 1 aliphatic heterocycles. The van der Waals surface area contributed by atoms with Gasteiger partial charge in [0.05, 0.1) is 12.7 Å². The van der Waals surface area contributed by atoms with Crippen molar-refractivity contribution >= 4 is 5.91 Å². The molecule has 1 atom stereocenters. The third kappa shape index (κ3) is 3.52. The Bertz CT molecular complexity index is 645. The number of halogens is 1. The summed E-state index contributed by atoms with van der Waals surface area (Å²) in [4.78, 5) is 14.0. The van der Waals surface area contributed by atoms with E-state index in [9.17, 15) is 9.18 Å². The number of ether oxygens (including phenoxy) is 1. The van der Waals surface area contributed by atoms with E-state index in [-0.39, 0.29) is 17.8 Å². The molecule has 0 aromatic heterocycles. The van der Waals surface area contributed by atoms with Gasteiger partial charge >= 0.3 is 0 Å². The maximum absolute atomic E-state index is 13.2. The lowest BCUT2D eigenvalue weighted by Gasteiger charge is -2.17. The highest BCUT2D eigenvalue weighted by Gasteiger charge is 2.27. The molecule has 4 heteroatoms. The van der Waals surface area contributed by atoms with Crippen LogP contribution >= 0.6 is 0 Å². The predicted octanol–water partition coefficient (Wildman–Crippen LogP) is 3.26. The van der Waals surface area contributed by atoms with Gasteiger partial charge in [-0.05, 0) is 30.2 Å². The van der Waals surface area contributed by atoms with Crippen molar-refractivity contribution in [3.8, 4) is 0 Å². The van der Waals surface area contributed by atoms with Crippen molar-refractivity contribution in [2.24, 2.45) is 0 Å². The Morgan fingerprint density at radius 1 is 1.18 bits per heavy atom. The summed E-state index contributed by atoms with van der Waals surface area (Å²) < 4.78 is 19.1. The molecule has 114 valence electrons. The number of carbonyl (C=O) groups is 1. The second-order valence-electron chi connectivity index (χ2n) is 5.47. The van der Waals surface area contributed by atoms with Crippen molar-refractivity contribution in [3.05, 3.63) is 71.5 Å². The summed E-state index contributed by atoms with van der Waals surface area (Å²) in [5.41, 5.74) is 1.51. The Morgan fingerprint density at radius 3 is 2.77 bits per heavy atom. The Hall–Kier alpha value is -2.20. The van der Waals surface area contributed by atoms with E-state index in [1.165, 1.54) is 12.1 Å². The Morgan fingerprint density at radius 2 is 2.00 bits per heavy atom. The maximum atomic E-state index is 13.2. The van der Waals surface area contributed by atoms with Gasteiger partial charge in [-0.15, -0.1) is 0 Å². The highest BCUT2D eigenvalue weighted by atomic mass is 19.1. The maximum Gasteiger partial charge on any atom is 0.254 e. The first-order valence-electron chi connectivity index (χ1n) is 7.43. The first-order valence-corrected chi connectivity index (χ1v) is 7.43. The Kier molecular flexibility index (Phi) is 4.49. The van der Waals surface area contributed by atoms with Crippen LogP contribution < -0.4 is 0 Å². The average Bonchev–Trinajstić information content (AvgIpc) is 3.02. The normalized spacial score (nSPS) is 17.7. The molecule has 1 unspecified atom stereocenters. The van der Waals surface area contributed by atoms with E-state index in [0.717, 1.165) is 12.0 Å². The van der Waals surface area contributed by atoms with Crippen molar-refractivity contribution in [2.75, 3.05) is 13.1 Å². The topological polar surface area (TPSA) is 29.5 Å². The van der Waals surface area contributed by atoms with Crippen LogP contribution in [0, 0.1) is 5.82 Å². The van der Waals surface area contributed by atoms with Gasteiger partial charge in [0.1, 0.15) is 5.82 Å². The van der Waals surface area contributed by atoms with E-state index in [1.807, 2.05) is 30.3 Å². The molecule has 2 aromatic carbocycles. The monoisotopic (exact) mass is 299 g/mol. The van der Waals surface area contributed by atoms with Gasteiger partial charge < -0.3 is 9.64 Å². The second-order valence-corrected chi connectivity index (χ2v) is 5.47. The molecule has 0 spiro atoms. The van der Waals surface area contributed by atoms with Crippen LogP contribution in [-0.2, 0) is 11.3 Å². The number of hydrogen-bond acceptors (Lipinski definition) is 2. The van der Waals surface area contributed by atoms with E-state index < -0.39 is 0 Å². The summed E-state index contributed by atoms with van der Waals surface area (Å²) in [7, 11) is 0. The lowest BCUT2D eigenvalue weighted by atomic mass is 10.2. The molecule has 2 aromatic rings. The second kappa shape index (κ2) is 6.71. The first kappa shape index (κ1) is 14.7. The lowest BCUT2D eigenvalue weighted by molar-refractivity contribution is 0.0437. The van der Waals surface area contributed by atoms with Gasteiger partial charge in [0, 0.05) is 18.7 Å². The van der Waals surface area contributed by atoms with Crippen molar-refractivity contribution in [1.82, 2.24) is 4.90 Å². The summed E-state index contributed by atoms with van der Waals surface area (Å²) in [6.45, 7) is 1.75. The Labute approximate surface area is 129 Å². The van der Waals surface area contributed by atoms with Gasteiger partial charge in [0.25, 0.3) is 5.91 Å². The van der Waals surface area contributed by atoms with Gasteiger partial charge in [0.15, 0.2) is 0 Å². The van der Waals surface area contributed by atoms with Crippen LogP contribution in [-0.4, -0.2) is 30.0 Å². The molecular weight excluding hydrogens is 281 g/mol. The van der Waals surface area contributed by atoms with Crippen LogP contribution in [0.5, 0.6) is 0 Å². The highest BCUT2D eigenvalue weighted by Crippen LogP contribution is 2.18. The van der Waals surface area contributed by atoms with E-state index in [0.29, 0.717) is 25.3 Å². The molecular formula is C18H18FNO2. The Balaban J connectivity index is 1.55. The van der Waals surface area contributed by atoms with Crippen molar-refractivity contribution in [1.29, 1.82) is 0 Å². The van der Waals surface area contributed by atoms with Crippen molar-refractivity contribution in [2.45, 2.75) is 19.1 Å². The first-order chi connectivity index (χ1) is 10.7. The molecule has 0 N–H and O–H groups in total. The van der Waals surface area contributed by atoms with Crippen molar-refractivity contribution in [3.63, 3.8) is 0 Å². The minimum atomic E-state index is -0.387. The molecule has 1 fully saturated rings. The van der Waals surface area contributed by atoms with Crippen molar-refractivity contribution < 1.29 is 13.9 Å². The van der Waals surface area contributed by atoms with Gasteiger partial charge in [0.2, 0.25) is 0 Å². The lowest BCUT2D eigenvalue weighted by Crippen LogP contribution is -2.30. The van der Waals surface area contributed by atoms with E-state index in [4.69, 9.17) is 4.74 Å². The molecule has 0 radical (unpaired) electrons. The minimum Gasteiger partial charge on any atom is -0.372 e. The quantitative estimate of drug-likeness (QED) is 0.867. The molecule has 0 aliphatic carbocycles. The fourth-order valence-corrected chi connectivity index (χ4v) is 2.64. The van der Waals surface area contributed by atoms with E-state index in [2.05, 4.69) is 0 Å². The number of amides is 1. The SMILES string of the molecule is O=C(c1cccc(F)c1)N1CCC(OCc2ccccc2)C1. The summed E-state index contributed by atoms with van der Waals surface area (Å²) in [6, 6.07) is 15.8. The molecule has 0 saturated carbocycles. The summed E-state index contributed by atoms with van der Waals surface area (Å²) in [5.74, 6) is -0.521. The fraction of sp³-hybridized carbons (Fsp3) is 0.278. The molecule has 1 heterocycles. The molecule has 3 rings (SSSR count). The highest BCUT2D eigenvalue weighted by molar-refractivity contribution is 5.94. The number of carbonyl (C=O) groups excluding carboxylic acids is 1. The number of hydrogen-bond donors (Lipinski definition) is 0. The van der Waals surface area contributed by atoms with E-state index in [1.54, 1.807) is 17.0 Å². The minimum absolute atomic E-state index is 0.0396. The van der Waals surface area contributed by atoms with Crippen LogP contribution in [0.1, 0.15) is 22.3 Å². The predicted molar refractivity (Wildman–Crippen MR) is 81.9 cm³/mol. The fourth-order valence-electron chi connectivity index (χ4n) is 2.64. The summed E-state index contributed by atoms with van der Waals surface area (Å²) >= 11 is 0. The summed E-state index contributed by atoms with van der Waals surface area (Å²) in [5, 5.41) is 0. The van der Waals surface area contributed by atoms with Crippen LogP contribution in [0.2, 0.25) is 0 Å². The number of likely N-dealkylation sites (tertiary alicyclic amines) is 1. The van der Waals surface area contributed by atoms with E-state index >= 15 is 0 Å².